The molecule has 14 heteroatoms. The fourth-order valence-corrected chi connectivity index (χ4v) is 5.63. The molecule has 2 aliphatic heterocycles. The van der Waals surface area contributed by atoms with Crippen molar-refractivity contribution in [3.8, 4) is 0 Å². The molecule has 1 saturated heterocycles. The maximum Gasteiger partial charge on any atom is 1.00 e. The molecule has 0 bridgehead atoms. The van der Waals surface area contributed by atoms with Crippen LogP contribution in [0.4, 0.5) is 0 Å². The number of hydrogen-bond donors (Lipinski definition) is 2. The van der Waals surface area contributed by atoms with Crippen LogP contribution >= 0.6 is 23.5 Å². The summed E-state index contributed by atoms with van der Waals surface area (Å²) in [6, 6.07) is 7.40. The second kappa shape index (κ2) is 10.1. The smallest absolute Gasteiger partial charge is 0.543 e. The molecule has 0 radical (unpaired) electrons. The van der Waals surface area contributed by atoms with Crippen LogP contribution in [0.5, 0.6) is 0 Å². The second-order valence-corrected chi connectivity index (χ2v) is 8.87. The number of carboxylic acids is 1. The van der Waals surface area contributed by atoms with Crippen molar-refractivity contribution in [1.82, 2.24) is 30.4 Å². The van der Waals surface area contributed by atoms with E-state index in [-0.39, 0.29) is 30.3 Å². The summed E-state index contributed by atoms with van der Waals surface area (Å²) in [7, 11) is 1.66. The van der Waals surface area contributed by atoms with Gasteiger partial charge in [0.05, 0.1) is 11.7 Å². The Morgan fingerprint density at radius 2 is 2.09 bits per heavy atom. The van der Waals surface area contributed by atoms with E-state index >= 15 is 0 Å². The van der Waals surface area contributed by atoms with Crippen molar-refractivity contribution in [3.05, 3.63) is 47.2 Å². The molecule has 2 aromatic rings. The number of thioether (sulfide) groups is 2. The molecule has 4 rings (SSSR count). The van der Waals surface area contributed by atoms with E-state index in [1.807, 2.05) is 0 Å². The molecule has 2 aliphatic rings. The largest absolute Gasteiger partial charge is 1.00 e. The van der Waals surface area contributed by atoms with E-state index in [2.05, 4.69) is 20.8 Å². The van der Waals surface area contributed by atoms with Gasteiger partial charge in [-0.1, -0.05) is 42.1 Å². The van der Waals surface area contributed by atoms with E-state index in [1.54, 1.807) is 37.4 Å². The van der Waals surface area contributed by atoms with Crippen LogP contribution in [0.2, 0.25) is 0 Å². The number of carbonyl (C=O) groups is 3. The number of benzene rings is 1. The zero-order valence-corrected chi connectivity index (χ0v) is 18.8. The normalized spacial score (nSPS) is 20.7. The summed E-state index contributed by atoms with van der Waals surface area (Å²) in [6.45, 7) is 0. The topological polar surface area (TPSA) is 153 Å². The first-order valence-electron chi connectivity index (χ1n) is 9.15. The number of aliphatic carboxylic acids is 1. The number of carboxylic acid groups (broad SMARTS) is 1. The molecule has 162 valence electrons. The third kappa shape index (κ3) is 4.57. The minimum absolute atomic E-state index is 0. The van der Waals surface area contributed by atoms with Crippen LogP contribution in [0.25, 0.3) is 0 Å². The van der Waals surface area contributed by atoms with Gasteiger partial charge in [0.1, 0.15) is 11.4 Å². The predicted molar refractivity (Wildman–Crippen MR) is 108 cm³/mol. The number of aromatic nitrogens is 4. The Kier molecular flexibility index (Phi) is 7.68. The number of aryl methyl sites for hydroxylation is 1. The first-order valence-corrected chi connectivity index (χ1v) is 11.2. The number of tetrazole rings is 1. The quantitative estimate of drug-likeness (QED) is 0.231. The van der Waals surface area contributed by atoms with E-state index in [0.717, 1.165) is 4.90 Å². The molecule has 11 nitrogen and oxygen atoms in total. The van der Waals surface area contributed by atoms with Gasteiger partial charge in [0.25, 0.3) is 11.8 Å². The Morgan fingerprint density at radius 3 is 2.72 bits per heavy atom. The van der Waals surface area contributed by atoms with Crippen molar-refractivity contribution >= 4 is 41.3 Å². The maximum atomic E-state index is 12.7. The number of hydrogen-bond acceptors (Lipinski definition) is 10. The van der Waals surface area contributed by atoms with Gasteiger partial charge in [-0.15, -0.1) is 16.9 Å². The number of rotatable bonds is 7. The molecule has 0 unspecified atom stereocenters. The minimum Gasteiger partial charge on any atom is -0.543 e. The summed E-state index contributed by atoms with van der Waals surface area (Å²) in [5.41, 5.74) is 0.718. The summed E-state index contributed by atoms with van der Waals surface area (Å²) in [4.78, 5) is 38.0. The third-order valence-corrected chi connectivity index (χ3v) is 7.30. The Bertz CT molecular complexity index is 1070. The molecular weight excluding hydrogens is 451 g/mol. The number of aliphatic hydroxyl groups is 1. The number of aliphatic hydroxyl groups excluding tert-OH is 1. The zero-order valence-electron chi connectivity index (χ0n) is 17.2. The van der Waals surface area contributed by atoms with Gasteiger partial charge < -0.3 is 20.3 Å². The van der Waals surface area contributed by atoms with E-state index < -0.39 is 35.3 Å². The van der Waals surface area contributed by atoms with Gasteiger partial charge in [-0.05, 0) is 21.6 Å². The van der Waals surface area contributed by atoms with E-state index in [0.29, 0.717) is 22.0 Å². The van der Waals surface area contributed by atoms with Gasteiger partial charge in [-0.2, -0.15) is 0 Å². The molecule has 32 heavy (non-hydrogen) atoms. The molecule has 0 saturated carbocycles. The number of nitrogens with zero attached hydrogens (tertiary/aromatic N) is 5. The summed E-state index contributed by atoms with van der Waals surface area (Å²) >= 11 is 2.58. The maximum absolute atomic E-state index is 12.7. The SMILES string of the molecule is Cn1nnnc1SCC1=C(C(=O)[O-])N2C(=O)[C@@H](NC(=O)[C@H](O)c3ccccc3)[C@H]2SC1.[Li+]. The summed E-state index contributed by atoms with van der Waals surface area (Å²) in [6.07, 6.45) is -1.43. The van der Waals surface area contributed by atoms with Crippen LogP contribution in [0.1, 0.15) is 11.7 Å². The van der Waals surface area contributed by atoms with Crippen LogP contribution in [-0.4, -0.2) is 70.9 Å². The minimum atomic E-state index is -1.46. The van der Waals surface area contributed by atoms with Gasteiger partial charge in [-0.3, -0.25) is 14.5 Å². The number of carbonyl (C=O) groups excluding carboxylic acids is 3. The first-order chi connectivity index (χ1) is 14.9. The standard InChI is InChI=1S/C18H18N6O5S2.Li/c1-23-18(20-21-22-23)31-8-10-7-30-16-11(15(27)24(16)12(10)17(28)29)19-14(26)13(25)9-5-3-2-4-6-9;/h2-6,11,13,16,25H,7-8H2,1H3,(H,19,26)(H,28,29);/q;+1/p-1/t11-,13-,16-;/m1./s1. The molecule has 0 aliphatic carbocycles. The Balaban J connectivity index is 0.00000289. The van der Waals surface area contributed by atoms with Crippen molar-refractivity contribution in [2.45, 2.75) is 22.7 Å². The van der Waals surface area contributed by atoms with Crippen LogP contribution in [0.15, 0.2) is 46.8 Å². The number of amides is 2. The average molecular weight is 468 g/mol. The van der Waals surface area contributed by atoms with Gasteiger partial charge in [-0.25, -0.2) is 4.68 Å². The summed E-state index contributed by atoms with van der Waals surface area (Å²) < 4.78 is 1.46. The molecule has 1 fully saturated rings. The Morgan fingerprint density at radius 1 is 1.38 bits per heavy atom. The summed E-state index contributed by atoms with van der Waals surface area (Å²) in [5, 5.41) is 35.6. The van der Waals surface area contributed by atoms with Crippen molar-refractivity contribution in [2.24, 2.45) is 7.05 Å². The monoisotopic (exact) mass is 468 g/mol. The molecule has 1 aromatic heterocycles. The Hall–Kier alpha value is -2.30. The second-order valence-electron chi connectivity index (χ2n) is 6.82. The molecule has 0 spiro atoms. The number of β-lactam (4-membered cyclic amide) rings is 1. The molecule has 3 heterocycles. The van der Waals surface area contributed by atoms with Gasteiger partial charge in [0.2, 0.25) is 5.16 Å². The number of nitrogens with one attached hydrogen (secondary N) is 1. The first kappa shape index (κ1) is 24.3. The van der Waals surface area contributed by atoms with Crippen molar-refractivity contribution in [1.29, 1.82) is 0 Å². The predicted octanol–water partition coefficient (Wildman–Crippen LogP) is -4.56. The van der Waals surface area contributed by atoms with E-state index in [9.17, 15) is 24.6 Å². The van der Waals surface area contributed by atoms with Crippen LogP contribution in [0, 0.1) is 0 Å². The molecular formula is C18H17LiN6O5S2. The van der Waals surface area contributed by atoms with Gasteiger partial charge in [0.15, 0.2) is 6.10 Å². The van der Waals surface area contributed by atoms with E-state index in [1.165, 1.54) is 28.2 Å². The molecule has 1 aromatic carbocycles. The van der Waals surface area contributed by atoms with Crippen molar-refractivity contribution < 1.29 is 43.5 Å². The van der Waals surface area contributed by atoms with Crippen LogP contribution in [-0.2, 0) is 21.4 Å². The molecule has 2 N–H and O–H groups in total. The van der Waals surface area contributed by atoms with Crippen molar-refractivity contribution in [2.75, 3.05) is 11.5 Å². The molecule has 3 atom stereocenters. The number of fused-ring (bicyclic) bond motifs is 1. The average Bonchev–Trinajstić information content (AvgIpc) is 3.19. The van der Waals surface area contributed by atoms with Crippen LogP contribution < -0.4 is 29.3 Å². The van der Waals surface area contributed by atoms with Crippen LogP contribution in [0.3, 0.4) is 0 Å². The Labute approximate surface area is 203 Å². The van der Waals surface area contributed by atoms with Crippen molar-refractivity contribution in [3.63, 3.8) is 0 Å². The summed E-state index contributed by atoms with van der Waals surface area (Å²) in [5.74, 6) is -2.14. The van der Waals surface area contributed by atoms with E-state index in [4.69, 9.17) is 0 Å². The van der Waals surface area contributed by atoms with Gasteiger partial charge in [0, 0.05) is 18.6 Å². The van der Waals surface area contributed by atoms with Gasteiger partial charge >= 0.3 is 18.9 Å². The zero-order chi connectivity index (χ0) is 22.1. The third-order valence-electron chi connectivity index (χ3n) is 4.86. The molecule has 2 amide bonds. The fraction of sp³-hybridized carbons (Fsp3) is 0.333. The fourth-order valence-electron chi connectivity index (χ4n) is 3.30.